The molecule has 0 spiro atoms. The van der Waals surface area contributed by atoms with Crippen LogP contribution in [0.1, 0.15) is 0 Å². The van der Waals surface area contributed by atoms with Crippen LogP contribution >= 0.6 is 0 Å². The zero-order valence-corrected chi connectivity index (χ0v) is 7.40. The SMILES string of the molecule is C=CC(=O)N(C(=C)C(=O)O)C(=O)CN. The van der Waals surface area contributed by atoms with Crippen LogP contribution in [0.15, 0.2) is 24.9 Å². The van der Waals surface area contributed by atoms with Crippen molar-refractivity contribution in [3.05, 3.63) is 24.9 Å². The van der Waals surface area contributed by atoms with Gasteiger partial charge in [0.25, 0.3) is 5.91 Å². The third kappa shape index (κ3) is 2.53. The first-order chi connectivity index (χ1) is 6.45. The van der Waals surface area contributed by atoms with E-state index in [0.29, 0.717) is 4.90 Å². The van der Waals surface area contributed by atoms with Crippen LogP contribution in [-0.4, -0.2) is 34.3 Å². The number of imide groups is 1. The molecule has 0 aliphatic heterocycles. The summed E-state index contributed by atoms with van der Waals surface area (Å²) in [4.78, 5) is 33.0. The Balaban J connectivity index is 5.00. The molecule has 0 aliphatic carbocycles. The highest BCUT2D eigenvalue weighted by Crippen LogP contribution is 2.03. The minimum atomic E-state index is -1.47. The van der Waals surface area contributed by atoms with Crippen LogP contribution in [0.25, 0.3) is 0 Å². The second-order valence-corrected chi connectivity index (χ2v) is 2.23. The first-order valence-corrected chi connectivity index (χ1v) is 3.57. The van der Waals surface area contributed by atoms with Gasteiger partial charge in [-0.25, -0.2) is 9.69 Å². The van der Waals surface area contributed by atoms with Crippen LogP contribution in [0.4, 0.5) is 0 Å². The maximum absolute atomic E-state index is 11.1. The number of hydrogen-bond donors (Lipinski definition) is 2. The van der Waals surface area contributed by atoms with Crippen LogP contribution in [0.3, 0.4) is 0 Å². The Bertz CT molecular complexity index is 308. The number of carbonyl (C=O) groups excluding carboxylic acids is 2. The van der Waals surface area contributed by atoms with Crippen molar-refractivity contribution < 1.29 is 19.5 Å². The Kier molecular flexibility index (Phi) is 4.24. The largest absolute Gasteiger partial charge is 0.477 e. The minimum Gasteiger partial charge on any atom is -0.477 e. The van der Waals surface area contributed by atoms with Gasteiger partial charge < -0.3 is 10.8 Å². The van der Waals surface area contributed by atoms with Gasteiger partial charge in [-0.1, -0.05) is 13.2 Å². The molecule has 0 atom stereocenters. The summed E-state index contributed by atoms with van der Waals surface area (Å²) < 4.78 is 0. The molecule has 0 aromatic heterocycles. The van der Waals surface area contributed by atoms with Crippen molar-refractivity contribution in [3.8, 4) is 0 Å². The average Bonchev–Trinajstić information content (AvgIpc) is 2.16. The van der Waals surface area contributed by atoms with Crippen molar-refractivity contribution >= 4 is 17.8 Å². The van der Waals surface area contributed by atoms with E-state index in [1.807, 2.05) is 0 Å². The van der Waals surface area contributed by atoms with Crippen molar-refractivity contribution in [3.63, 3.8) is 0 Å². The lowest BCUT2D eigenvalue weighted by Crippen LogP contribution is -2.40. The van der Waals surface area contributed by atoms with Crippen LogP contribution < -0.4 is 5.73 Å². The predicted molar refractivity (Wildman–Crippen MR) is 47.9 cm³/mol. The second-order valence-electron chi connectivity index (χ2n) is 2.23. The monoisotopic (exact) mass is 198 g/mol. The molecule has 0 radical (unpaired) electrons. The molecule has 6 heteroatoms. The lowest BCUT2D eigenvalue weighted by molar-refractivity contribution is -0.145. The molecule has 0 unspecified atom stereocenters. The van der Waals surface area contributed by atoms with Gasteiger partial charge >= 0.3 is 5.97 Å². The standard InChI is InChI=1S/C8H10N2O4/c1-3-6(11)10(7(12)4-9)5(2)8(13)14/h3H,1-2,4,9H2,(H,13,14). The highest BCUT2D eigenvalue weighted by Gasteiger charge is 2.24. The van der Waals surface area contributed by atoms with E-state index in [-0.39, 0.29) is 0 Å². The van der Waals surface area contributed by atoms with Crippen LogP contribution in [0.2, 0.25) is 0 Å². The number of nitrogens with zero attached hydrogens (tertiary/aromatic N) is 1. The van der Waals surface area contributed by atoms with Crippen molar-refractivity contribution in [1.82, 2.24) is 4.90 Å². The molecule has 3 N–H and O–H groups in total. The second kappa shape index (κ2) is 4.93. The van der Waals surface area contributed by atoms with Crippen molar-refractivity contribution in [1.29, 1.82) is 0 Å². The van der Waals surface area contributed by atoms with E-state index in [1.54, 1.807) is 0 Å². The number of nitrogens with two attached hydrogens (primary N) is 1. The molecular formula is C8H10N2O4. The summed E-state index contributed by atoms with van der Waals surface area (Å²) in [5, 5.41) is 8.52. The Morgan fingerprint density at radius 2 is 1.93 bits per heavy atom. The molecule has 0 aliphatic rings. The first kappa shape index (κ1) is 12.0. The van der Waals surface area contributed by atoms with Gasteiger partial charge in [0.15, 0.2) is 0 Å². The van der Waals surface area contributed by atoms with Crippen LogP contribution in [-0.2, 0) is 14.4 Å². The molecule has 76 valence electrons. The van der Waals surface area contributed by atoms with Gasteiger partial charge in [-0.2, -0.15) is 0 Å². The summed E-state index contributed by atoms with van der Waals surface area (Å²) in [6, 6.07) is 0. The third-order valence-corrected chi connectivity index (χ3v) is 1.34. The fraction of sp³-hybridized carbons (Fsp3) is 0.125. The number of amides is 2. The van der Waals surface area contributed by atoms with Gasteiger partial charge in [-0.05, 0) is 6.08 Å². The van der Waals surface area contributed by atoms with E-state index in [0.717, 1.165) is 6.08 Å². The molecule has 0 fully saturated rings. The summed E-state index contributed by atoms with van der Waals surface area (Å²) in [6.45, 7) is 5.72. The summed E-state index contributed by atoms with van der Waals surface area (Å²) in [5.74, 6) is -3.18. The molecule has 6 nitrogen and oxygen atoms in total. The summed E-state index contributed by atoms with van der Waals surface area (Å²) in [6.07, 6.45) is 0.807. The molecule has 14 heavy (non-hydrogen) atoms. The van der Waals surface area contributed by atoms with Crippen LogP contribution in [0.5, 0.6) is 0 Å². The Labute approximate surface area is 80.3 Å². The smallest absolute Gasteiger partial charge is 0.352 e. The maximum atomic E-state index is 11.1. The first-order valence-electron chi connectivity index (χ1n) is 3.57. The average molecular weight is 198 g/mol. The Morgan fingerprint density at radius 3 is 2.21 bits per heavy atom. The van der Waals surface area contributed by atoms with E-state index in [2.05, 4.69) is 13.2 Å². The summed E-state index contributed by atoms with van der Waals surface area (Å²) in [7, 11) is 0. The fourth-order valence-corrected chi connectivity index (χ4v) is 0.685. The molecule has 0 heterocycles. The van der Waals surface area contributed by atoms with E-state index in [1.165, 1.54) is 0 Å². The quantitative estimate of drug-likeness (QED) is 0.569. The summed E-state index contributed by atoms with van der Waals surface area (Å²) >= 11 is 0. The van der Waals surface area contributed by atoms with Crippen molar-refractivity contribution in [2.75, 3.05) is 6.54 Å². The number of hydrogen-bond acceptors (Lipinski definition) is 4. The van der Waals surface area contributed by atoms with Gasteiger partial charge in [0.2, 0.25) is 5.91 Å². The normalized spacial score (nSPS) is 8.93. The molecule has 0 saturated carbocycles. The zero-order valence-electron chi connectivity index (χ0n) is 7.40. The molecule has 0 aromatic rings. The Morgan fingerprint density at radius 1 is 1.43 bits per heavy atom. The number of rotatable bonds is 4. The van der Waals surface area contributed by atoms with Crippen LogP contribution in [0, 0.1) is 0 Å². The minimum absolute atomic E-state index is 0.370. The lowest BCUT2D eigenvalue weighted by Gasteiger charge is -2.17. The number of carboxylic acids is 1. The number of carboxylic acid groups (broad SMARTS) is 1. The zero-order chi connectivity index (χ0) is 11.3. The highest BCUT2D eigenvalue weighted by molar-refractivity contribution is 6.08. The topological polar surface area (TPSA) is 101 Å². The number of aliphatic carboxylic acids is 1. The van der Waals surface area contributed by atoms with Gasteiger partial charge in [0.05, 0.1) is 6.54 Å². The van der Waals surface area contributed by atoms with Gasteiger partial charge in [0.1, 0.15) is 5.70 Å². The van der Waals surface area contributed by atoms with E-state index < -0.39 is 30.0 Å². The highest BCUT2D eigenvalue weighted by atomic mass is 16.4. The molecule has 0 aromatic carbocycles. The lowest BCUT2D eigenvalue weighted by atomic mass is 10.3. The van der Waals surface area contributed by atoms with E-state index >= 15 is 0 Å². The Hall–Kier alpha value is -1.95. The van der Waals surface area contributed by atoms with E-state index in [4.69, 9.17) is 10.8 Å². The van der Waals surface area contributed by atoms with Gasteiger partial charge in [-0.3, -0.25) is 9.59 Å². The van der Waals surface area contributed by atoms with E-state index in [9.17, 15) is 14.4 Å². The van der Waals surface area contributed by atoms with Crippen molar-refractivity contribution in [2.45, 2.75) is 0 Å². The molecular weight excluding hydrogens is 188 g/mol. The molecule has 0 bridgehead atoms. The fourth-order valence-electron chi connectivity index (χ4n) is 0.685. The van der Waals surface area contributed by atoms with Gasteiger partial charge in [-0.15, -0.1) is 0 Å². The number of carbonyl (C=O) groups is 3. The maximum Gasteiger partial charge on any atom is 0.352 e. The summed E-state index contributed by atoms with van der Waals surface area (Å²) in [5.41, 5.74) is 4.34. The predicted octanol–water partition coefficient (Wildman–Crippen LogP) is -0.915. The third-order valence-electron chi connectivity index (χ3n) is 1.34. The van der Waals surface area contributed by atoms with Crippen molar-refractivity contribution in [2.24, 2.45) is 5.73 Å². The molecule has 0 saturated heterocycles. The molecule has 2 amide bonds. The molecule has 0 rings (SSSR count). The van der Waals surface area contributed by atoms with Gasteiger partial charge in [0, 0.05) is 0 Å².